The molecule has 0 aromatic heterocycles. The van der Waals surface area contributed by atoms with Crippen molar-refractivity contribution in [2.75, 3.05) is 26.8 Å². The number of likely N-dealkylation sites (tertiary alicyclic amines) is 1. The Morgan fingerprint density at radius 3 is 2.64 bits per heavy atom. The maximum atomic E-state index is 13.1. The molecule has 7 heteroatoms. The van der Waals surface area contributed by atoms with E-state index in [0.717, 1.165) is 5.56 Å². The van der Waals surface area contributed by atoms with Gasteiger partial charge < -0.3 is 19.3 Å². The maximum absolute atomic E-state index is 13.1. The highest BCUT2D eigenvalue weighted by Crippen LogP contribution is 2.27. The molecule has 25 heavy (non-hydrogen) atoms. The first-order chi connectivity index (χ1) is 11.8. The molecule has 0 bridgehead atoms. The van der Waals surface area contributed by atoms with Crippen molar-refractivity contribution in [3.8, 4) is 0 Å². The van der Waals surface area contributed by atoms with Gasteiger partial charge in [-0.2, -0.15) is 0 Å². The lowest BCUT2D eigenvalue weighted by Gasteiger charge is -2.36. The monoisotopic (exact) mass is 350 g/mol. The van der Waals surface area contributed by atoms with Crippen LogP contribution in [0.4, 0.5) is 4.39 Å². The maximum Gasteiger partial charge on any atom is 0.254 e. The molecular weight excluding hydrogens is 327 g/mol. The molecule has 1 aromatic rings. The van der Waals surface area contributed by atoms with Crippen LogP contribution in [0.25, 0.3) is 0 Å². The van der Waals surface area contributed by atoms with Gasteiger partial charge >= 0.3 is 0 Å². The molecule has 2 aliphatic rings. The summed E-state index contributed by atoms with van der Waals surface area (Å²) in [5.41, 5.74) is -0.0726. The van der Waals surface area contributed by atoms with Crippen LogP contribution in [0.3, 0.4) is 0 Å². The van der Waals surface area contributed by atoms with E-state index in [1.165, 1.54) is 19.2 Å². The van der Waals surface area contributed by atoms with Gasteiger partial charge in [-0.05, 0) is 31.5 Å². The Morgan fingerprint density at radius 2 is 2.00 bits per heavy atom. The summed E-state index contributed by atoms with van der Waals surface area (Å²) in [6.07, 6.45) is -0.213. The second-order valence-electron chi connectivity index (χ2n) is 6.99. The lowest BCUT2D eigenvalue weighted by molar-refractivity contribution is -0.153. The minimum atomic E-state index is -0.917. The predicted octanol–water partition coefficient (Wildman–Crippen LogP) is 1.19. The summed E-state index contributed by atoms with van der Waals surface area (Å²) in [5, 5.41) is 0. The third-order valence-electron chi connectivity index (χ3n) is 4.96. The number of amides is 2. The number of hydrogen-bond donors (Lipinski definition) is 0. The molecule has 2 heterocycles. The van der Waals surface area contributed by atoms with Crippen LogP contribution in [0.1, 0.15) is 19.4 Å². The van der Waals surface area contributed by atoms with Gasteiger partial charge in [-0.3, -0.25) is 9.59 Å². The van der Waals surface area contributed by atoms with E-state index in [-0.39, 0.29) is 36.4 Å². The third-order valence-corrected chi connectivity index (χ3v) is 4.96. The van der Waals surface area contributed by atoms with Gasteiger partial charge in [0.1, 0.15) is 18.0 Å². The average Bonchev–Trinajstić information content (AvgIpc) is 3.03. The van der Waals surface area contributed by atoms with E-state index in [1.54, 1.807) is 35.8 Å². The number of methoxy groups -OCH3 is 1. The molecule has 0 N–H and O–H groups in total. The Balaban J connectivity index is 1.75. The van der Waals surface area contributed by atoms with Crippen LogP contribution >= 0.6 is 0 Å². The first-order valence-corrected chi connectivity index (χ1v) is 8.32. The highest BCUT2D eigenvalue weighted by molar-refractivity contribution is 5.85. The number of carbonyl (C=O) groups is 2. The molecular formula is C18H23FN2O4. The number of halogens is 1. The Labute approximate surface area is 146 Å². The minimum absolute atomic E-state index is 0.00192. The second kappa shape index (κ2) is 6.72. The van der Waals surface area contributed by atoms with Crippen molar-refractivity contribution in [2.24, 2.45) is 0 Å². The van der Waals surface area contributed by atoms with E-state index in [9.17, 15) is 14.0 Å². The molecule has 3 rings (SSSR count). The molecule has 2 aliphatic heterocycles. The van der Waals surface area contributed by atoms with Gasteiger partial charge in [-0.1, -0.05) is 12.1 Å². The lowest BCUT2D eigenvalue weighted by Crippen LogP contribution is -2.53. The summed E-state index contributed by atoms with van der Waals surface area (Å²) in [6.45, 7) is 4.66. The molecule has 136 valence electrons. The van der Waals surface area contributed by atoms with Crippen molar-refractivity contribution >= 4 is 11.8 Å². The first kappa shape index (κ1) is 17.8. The van der Waals surface area contributed by atoms with Gasteiger partial charge in [0.15, 0.2) is 0 Å². The normalized spacial score (nSPS) is 23.8. The van der Waals surface area contributed by atoms with Gasteiger partial charge in [0.05, 0.1) is 12.1 Å². The number of hydrogen-bond acceptors (Lipinski definition) is 4. The quantitative estimate of drug-likeness (QED) is 0.818. The number of fused-ring (bicyclic) bond motifs is 1. The molecule has 2 saturated heterocycles. The Kier molecular flexibility index (Phi) is 4.79. The van der Waals surface area contributed by atoms with E-state index in [4.69, 9.17) is 9.47 Å². The summed E-state index contributed by atoms with van der Waals surface area (Å²) < 4.78 is 24.0. The van der Waals surface area contributed by atoms with Crippen molar-refractivity contribution in [3.05, 3.63) is 35.6 Å². The number of carbonyl (C=O) groups excluding carboxylic acids is 2. The van der Waals surface area contributed by atoms with Crippen molar-refractivity contribution < 1.29 is 23.5 Å². The highest BCUT2D eigenvalue weighted by atomic mass is 19.1. The summed E-state index contributed by atoms with van der Waals surface area (Å²) in [6, 6.07) is 5.88. The molecule has 0 spiro atoms. The summed E-state index contributed by atoms with van der Waals surface area (Å²) in [4.78, 5) is 28.4. The van der Waals surface area contributed by atoms with E-state index in [2.05, 4.69) is 0 Å². The molecule has 0 unspecified atom stereocenters. The predicted molar refractivity (Wildman–Crippen MR) is 88.1 cm³/mol. The van der Waals surface area contributed by atoms with Crippen LogP contribution in [0.2, 0.25) is 0 Å². The summed E-state index contributed by atoms with van der Waals surface area (Å²) in [7, 11) is 1.50. The van der Waals surface area contributed by atoms with E-state index >= 15 is 0 Å². The van der Waals surface area contributed by atoms with Crippen molar-refractivity contribution in [2.45, 2.75) is 38.1 Å². The minimum Gasteiger partial charge on any atom is -0.369 e. The molecule has 0 radical (unpaired) electrons. The van der Waals surface area contributed by atoms with E-state index in [1.807, 2.05) is 0 Å². The number of ether oxygens (including phenoxy) is 2. The van der Waals surface area contributed by atoms with Gasteiger partial charge in [0, 0.05) is 26.7 Å². The van der Waals surface area contributed by atoms with Crippen LogP contribution in [-0.2, 0) is 25.6 Å². The number of morpholine rings is 1. The molecule has 6 nitrogen and oxygen atoms in total. The van der Waals surface area contributed by atoms with Crippen LogP contribution in [0, 0.1) is 5.82 Å². The largest absolute Gasteiger partial charge is 0.369 e. The zero-order valence-corrected chi connectivity index (χ0v) is 14.7. The van der Waals surface area contributed by atoms with Gasteiger partial charge in [0.25, 0.3) is 5.91 Å². The van der Waals surface area contributed by atoms with Crippen LogP contribution < -0.4 is 0 Å². The van der Waals surface area contributed by atoms with Gasteiger partial charge in [0.2, 0.25) is 5.91 Å². The van der Waals surface area contributed by atoms with Crippen molar-refractivity contribution in [1.29, 1.82) is 0 Å². The smallest absolute Gasteiger partial charge is 0.254 e. The molecule has 2 amide bonds. The summed E-state index contributed by atoms with van der Waals surface area (Å²) >= 11 is 0. The number of benzene rings is 1. The fourth-order valence-electron chi connectivity index (χ4n) is 3.29. The Bertz CT molecular complexity index is 662. The fourth-order valence-corrected chi connectivity index (χ4v) is 3.29. The van der Waals surface area contributed by atoms with E-state index in [0.29, 0.717) is 19.6 Å². The van der Waals surface area contributed by atoms with E-state index < -0.39 is 5.60 Å². The Morgan fingerprint density at radius 1 is 1.32 bits per heavy atom. The van der Waals surface area contributed by atoms with Crippen molar-refractivity contribution in [1.82, 2.24) is 9.80 Å². The van der Waals surface area contributed by atoms with Crippen LogP contribution in [-0.4, -0.2) is 66.2 Å². The van der Waals surface area contributed by atoms with Crippen LogP contribution in [0.5, 0.6) is 0 Å². The topological polar surface area (TPSA) is 59.1 Å². The third kappa shape index (κ3) is 3.52. The average molecular weight is 350 g/mol. The van der Waals surface area contributed by atoms with Gasteiger partial charge in [-0.15, -0.1) is 0 Å². The Hall–Kier alpha value is -1.99. The number of rotatable bonds is 4. The van der Waals surface area contributed by atoms with Crippen LogP contribution in [0.15, 0.2) is 24.3 Å². The first-order valence-electron chi connectivity index (χ1n) is 8.32. The SMILES string of the molecule is COC(C)(C)C(=O)N1C[C@@H]2[C@@H](C1)OCC(=O)N2Cc1ccc(F)cc1. The zero-order chi connectivity index (χ0) is 18.2. The molecule has 0 aliphatic carbocycles. The highest BCUT2D eigenvalue weighted by Gasteiger charge is 2.46. The summed E-state index contributed by atoms with van der Waals surface area (Å²) in [5.74, 6) is -0.553. The molecule has 1 aromatic carbocycles. The zero-order valence-electron chi connectivity index (χ0n) is 14.7. The second-order valence-corrected chi connectivity index (χ2v) is 6.99. The molecule has 2 fully saturated rings. The van der Waals surface area contributed by atoms with Gasteiger partial charge in [-0.25, -0.2) is 4.39 Å². The molecule has 0 saturated carbocycles. The molecule has 2 atom stereocenters. The fraction of sp³-hybridized carbons (Fsp3) is 0.556. The standard InChI is InChI=1S/C18H23FN2O4/c1-18(2,24-3)17(23)20-9-14-15(10-20)25-11-16(22)21(14)8-12-4-6-13(19)7-5-12/h4-7,14-15H,8-11H2,1-3H3/t14-,15-/m1/s1. The lowest BCUT2D eigenvalue weighted by atomic mass is 10.1. The number of nitrogens with zero attached hydrogens (tertiary/aromatic N) is 2. The van der Waals surface area contributed by atoms with Crippen molar-refractivity contribution in [3.63, 3.8) is 0 Å².